The summed E-state index contributed by atoms with van der Waals surface area (Å²) >= 11 is 0. The van der Waals surface area contributed by atoms with Crippen molar-refractivity contribution >= 4 is 22.5 Å². The van der Waals surface area contributed by atoms with Crippen LogP contribution < -0.4 is 0 Å². The molecule has 196 valence electrons. The van der Waals surface area contributed by atoms with E-state index in [1.165, 1.54) is 0 Å². The van der Waals surface area contributed by atoms with Crippen molar-refractivity contribution in [3.8, 4) is 11.8 Å². The van der Waals surface area contributed by atoms with E-state index in [9.17, 15) is 26.7 Å². The monoisotopic (exact) mass is 541 g/mol. The Kier molecular flexibility index (Phi) is 7.38. The van der Waals surface area contributed by atoms with Crippen LogP contribution in [0.25, 0.3) is 10.8 Å². The van der Waals surface area contributed by atoms with Crippen LogP contribution in [0.4, 0.5) is 22.0 Å². The van der Waals surface area contributed by atoms with Gasteiger partial charge in [0.1, 0.15) is 11.3 Å². The van der Waals surface area contributed by atoms with Crippen molar-refractivity contribution in [2.24, 2.45) is 5.16 Å². The Labute approximate surface area is 225 Å². The van der Waals surface area contributed by atoms with Crippen LogP contribution in [-0.2, 0) is 4.84 Å². The molecule has 3 nitrogen and oxygen atoms in total. The molecule has 0 heterocycles. The zero-order valence-electron chi connectivity index (χ0n) is 20.4. The van der Waals surface area contributed by atoms with Crippen molar-refractivity contribution in [1.29, 1.82) is 0 Å². The highest BCUT2D eigenvalue weighted by Gasteiger charge is 2.31. The predicted octanol–water partition coefficient (Wildman–Crippen LogP) is 7.54. The molecule has 0 aliphatic heterocycles. The van der Waals surface area contributed by atoms with Gasteiger partial charge in [-0.05, 0) is 35.0 Å². The molecule has 5 aromatic rings. The zero-order chi connectivity index (χ0) is 28.2. The van der Waals surface area contributed by atoms with E-state index >= 15 is 0 Å². The molecule has 0 fully saturated rings. The van der Waals surface area contributed by atoms with Crippen molar-refractivity contribution in [1.82, 2.24) is 0 Å². The van der Waals surface area contributed by atoms with Gasteiger partial charge < -0.3 is 4.84 Å². The number of rotatable bonds is 4. The van der Waals surface area contributed by atoms with Crippen molar-refractivity contribution in [2.75, 3.05) is 0 Å². The number of carbonyl (C=O) groups excluding carboxylic acids is 1. The molecular weight excluding hydrogens is 525 g/mol. The first-order valence-electron chi connectivity index (χ1n) is 11.8. The summed E-state index contributed by atoms with van der Waals surface area (Å²) in [6.07, 6.45) is 0. The first-order chi connectivity index (χ1) is 19.3. The van der Waals surface area contributed by atoms with Gasteiger partial charge in [-0.3, -0.25) is 0 Å². The number of fused-ring (bicyclic) bond motifs is 1. The Bertz CT molecular complexity index is 1830. The highest BCUT2D eigenvalue weighted by atomic mass is 19.2. The lowest BCUT2D eigenvalue weighted by Gasteiger charge is -2.11. The second-order valence-corrected chi connectivity index (χ2v) is 8.49. The summed E-state index contributed by atoms with van der Waals surface area (Å²) in [5.41, 5.74) is 0.338. The maximum atomic E-state index is 14.2. The minimum absolute atomic E-state index is 0.0425. The molecule has 0 aromatic heterocycles. The van der Waals surface area contributed by atoms with E-state index in [4.69, 9.17) is 4.84 Å². The maximum Gasteiger partial charge on any atom is 0.371 e. The molecule has 0 aliphatic rings. The standard InChI is InChI=1S/C32H16F5NO2/c33-26-25(27(34)29(36)30(37)28(26)35)32(39)40-38-31(23-17-16-20-10-4-5-12-22(20)18-23)24-13-7-6-11-21(24)15-14-19-8-2-1-3-9-19/h1-13,16-18H/b38-31+. The van der Waals surface area contributed by atoms with E-state index in [0.717, 1.165) is 16.3 Å². The number of hydrogen-bond donors (Lipinski definition) is 0. The summed E-state index contributed by atoms with van der Waals surface area (Å²) in [4.78, 5) is 17.4. The van der Waals surface area contributed by atoms with Crippen molar-refractivity contribution in [3.05, 3.63) is 154 Å². The molecule has 0 unspecified atom stereocenters. The molecule has 0 spiro atoms. The first-order valence-corrected chi connectivity index (χ1v) is 11.8. The van der Waals surface area contributed by atoms with E-state index in [2.05, 4.69) is 17.0 Å². The van der Waals surface area contributed by atoms with Crippen LogP contribution in [0.5, 0.6) is 0 Å². The second kappa shape index (κ2) is 11.2. The minimum Gasteiger partial charge on any atom is -0.312 e. The molecular formula is C32H16F5NO2. The fraction of sp³-hybridized carbons (Fsp3) is 0. The van der Waals surface area contributed by atoms with Crippen LogP contribution >= 0.6 is 0 Å². The predicted molar refractivity (Wildman–Crippen MR) is 140 cm³/mol. The van der Waals surface area contributed by atoms with E-state index in [1.807, 2.05) is 54.6 Å². The normalized spacial score (nSPS) is 11.2. The highest BCUT2D eigenvalue weighted by molar-refractivity contribution is 6.15. The molecule has 0 radical (unpaired) electrons. The molecule has 0 N–H and O–H groups in total. The van der Waals surface area contributed by atoms with Crippen molar-refractivity contribution in [3.63, 3.8) is 0 Å². The topological polar surface area (TPSA) is 38.7 Å². The number of benzene rings is 5. The third-order valence-corrected chi connectivity index (χ3v) is 5.95. The summed E-state index contributed by atoms with van der Waals surface area (Å²) in [5, 5.41) is 5.57. The van der Waals surface area contributed by atoms with Crippen LogP contribution in [0.2, 0.25) is 0 Å². The van der Waals surface area contributed by atoms with Crippen molar-refractivity contribution < 1.29 is 31.6 Å². The second-order valence-electron chi connectivity index (χ2n) is 8.49. The smallest absolute Gasteiger partial charge is 0.312 e. The Morgan fingerprint density at radius 1 is 0.625 bits per heavy atom. The number of halogens is 5. The van der Waals surface area contributed by atoms with Crippen LogP contribution in [-0.4, -0.2) is 11.7 Å². The molecule has 40 heavy (non-hydrogen) atoms. The lowest BCUT2D eigenvalue weighted by Crippen LogP contribution is -2.15. The van der Waals surface area contributed by atoms with Gasteiger partial charge in [0.05, 0.1) is 0 Å². The molecule has 0 saturated heterocycles. The molecule has 8 heteroatoms. The first kappa shape index (κ1) is 26.3. The SMILES string of the molecule is O=C(O/N=C(\c1ccc2ccccc2c1)c1ccccc1C#Cc1ccccc1)c1c(F)c(F)c(F)c(F)c1F. The Balaban J connectivity index is 1.63. The van der Waals surface area contributed by atoms with E-state index < -0.39 is 40.6 Å². The summed E-state index contributed by atoms with van der Waals surface area (Å²) in [7, 11) is 0. The Morgan fingerprint density at radius 3 is 1.95 bits per heavy atom. The van der Waals surface area contributed by atoms with Gasteiger partial charge >= 0.3 is 5.97 Å². The van der Waals surface area contributed by atoms with Gasteiger partial charge in [0.2, 0.25) is 5.82 Å². The summed E-state index contributed by atoms with van der Waals surface area (Å²) < 4.78 is 69.3. The van der Waals surface area contributed by atoms with Gasteiger partial charge in [-0.15, -0.1) is 0 Å². The van der Waals surface area contributed by atoms with Crippen LogP contribution in [0.3, 0.4) is 0 Å². The maximum absolute atomic E-state index is 14.2. The lowest BCUT2D eigenvalue weighted by molar-refractivity contribution is 0.0502. The highest BCUT2D eigenvalue weighted by Crippen LogP contribution is 2.25. The number of carbonyl (C=O) groups is 1. The lowest BCUT2D eigenvalue weighted by atomic mass is 9.96. The van der Waals surface area contributed by atoms with E-state index in [1.54, 1.807) is 42.5 Å². The molecule has 5 aromatic carbocycles. The van der Waals surface area contributed by atoms with Gasteiger partial charge in [-0.2, -0.15) is 0 Å². The average molecular weight is 541 g/mol. The number of nitrogens with zero attached hydrogens (tertiary/aromatic N) is 1. The van der Waals surface area contributed by atoms with Crippen LogP contribution in [0.15, 0.2) is 102 Å². The molecule has 0 bridgehead atoms. The van der Waals surface area contributed by atoms with Gasteiger partial charge in [0, 0.05) is 22.3 Å². The van der Waals surface area contributed by atoms with Gasteiger partial charge in [0.15, 0.2) is 23.3 Å². The minimum atomic E-state index is -2.39. The fourth-order valence-electron chi connectivity index (χ4n) is 3.97. The number of oxime groups is 1. The molecule has 5 rings (SSSR count). The Morgan fingerprint density at radius 2 is 1.23 bits per heavy atom. The zero-order valence-corrected chi connectivity index (χ0v) is 20.4. The molecule has 0 aliphatic carbocycles. The number of hydrogen-bond acceptors (Lipinski definition) is 3. The van der Waals surface area contributed by atoms with Gasteiger partial charge in [-0.1, -0.05) is 89.8 Å². The van der Waals surface area contributed by atoms with Crippen LogP contribution in [0.1, 0.15) is 32.6 Å². The van der Waals surface area contributed by atoms with Gasteiger partial charge in [0.25, 0.3) is 0 Å². The quantitative estimate of drug-likeness (QED) is 0.0449. The summed E-state index contributed by atoms with van der Waals surface area (Å²) in [5.74, 6) is -7.37. The summed E-state index contributed by atoms with van der Waals surface area (Å²) in [6.45, 7) is 0. The molecule has 0 atom stereocenters. The van der Waals surface area contributed by atoms with E-state index in [-0.39, 0.29) is 5.71 Å². The third-order valence-electron chi connectivity index (χ3n) is 5.95. The molecule has 0 saturated carbocycles. The fourth-order valence-corrected chi connectivity index (χ4v) is 3.97. The third kappa shape index (κ3) is 5.18. The van der Waals surface area contributed by atoms with Crippen LogP contribution in [0, 0.1) is 40.9 Å². The molecule has 0 amide bonds. The largest absolute Gasteiger partial charge is 0.371 e. The van der Waals surface area contributed by atoms with Crippen molar-refractivity contribution in [2.45, 2.75) is 0 Å². The average Bonchev–Trinajstić information content (AvgIpc) is 2.99. The van der Waals surface area contributed by atoms with E-state index in [0.29, 0.717) is 16.7 Å². The van der Waals surface area contributed by atoms with Gasteiger partial charge in [-0.25, -0.2) is 26.7 Å². The Hall–Kier alpha value is -5.29. The summed E-state index contributed by atoms with van der Waals surface area (Å²) in [6, 6.07) is 28.6.